The minimum absolute atomic E-state index is 0.589. The Bertz CT molecular complexity index is 567. The lowest BCUT2D eigenvalue weighted by Crippen LogP contribution is -1.92. The maximum absolute atomic E-state index is 11.1. The molecule has 2 aromatic rings. The predicted octanol–water partition coefficient (Wildman–Crippen LogP) is 2.58. The number of benzene rings is 1. The maximum Gasteiger partial charge on any atom is 0.150 e. The van der Waals surface area contributed by atoms with Crippen LogP contribution in [0.4, 0.5) is 0 Å². The van der Waals surface area contributed by atoms with Crippen molar-refractivity contribution < 1.29 is 14.3 Å². The van der Waals surface area contributed by atoms with Gasteiger partial charge < -0.3 is 9.47 Å². The Labute approximate surface area is 105 Å². The van der Waals surface area contributed by atoms with Gasteiger partial charge >= 0.3 is 0 Å². The van der Waals surface area contributed by atoms with Crippen molar-refractivity contribution in [2.45, 2.75) is 0 Å². The lowest BCUT2D eigenvalue weighted by atomic mass is 10.0. The Morgan fingerprint density at radius 1 is 1.06 bits per heavy atom. The summed E-state index contributed by atoms with van der Waals surface area (Å²) in [6, 6.07) is 7.11. The average molecular weight is 243 g/mol. The van der Waals surface area contributed by atoms with Crippen LogP contribution in [0.3, 0.4) is 0 Å². The quantitative estimate of drug-likeness (QED) is 0.774. The second-order valence-corrected chi connectivity index (χ2v) is 3.68. The van der Waals surface area contributed by atoms with Gasteiger partial charge in [0.05, 0.1) is 20.4 Å². The van der Waals surface area contributed by atoms with Crippen LogP contribution in [0, 0.1) is 0 Å². The molecule has 0 bridgehead atoms. The average Bonchev–Trinajstić information content (AvgIpc) is 2.46. The molecule has 2 rings (SSSR count). The van der Waals surface area contributed by atoms with E-state index in [4.69, 9.17) is 9.47 Å². The second kappa shape index (κ2) is 5.31. The molecule has 0 N–H and O–H groups in total. The number of carbonyl (C=O) groups excluding carboxylic acids is 1. The first-order chi connectivity index (χ1) is 8.78. The number of aromatic nitrogens is 1. The summed E-state index contributed by atoms with van der Waals surface area (Å²) < 4.78 is 10.3. The number of carbonyl (C=O) groups is 1. The predicted molar refractivity (Wildman–Crippen MR) is 68.2 cm³/mol. The normalized spacial score (nSPS) is 9.89. The molecule has 0 aliphatic heterocycles. The second-order valence-electron chi connectivity index (χ2n) is 3.68. The molecule has 1 aromatic carbocycles. The highest BCUT2D eigenvalue weighted by molar-refractivity contribution is 5.88. The molecule has 0 saturated heterocycles. The summed E-state index contributed by atoms with van der Waals surface area (Å²) in [5.74, 6) is 1.34. The van der Waals surface area contributed by atoms with Crippen molar-refractivity contribution in [1.29, 1.82) is 0 Å². The molecule has 1 heterocycles. The molecule has 0 amide bonds. The number of ether oxygens (including phenoxy) is 2. The van der Waals surface area contributed by atoms with E-state index in [1.807, 2.05) is 6.07 Å². The zero-order chi connectivity index (χ0) is 13.0. The van der Waals surface area contributed by atoms with Crippen molar-refractivity contribution in [3.05, 3.63) is 42.2 Å². The molecule has 0 spiro atoms. The van der Waals surface area contributed by atoms with Gasteiger partial charge in [-0.1, -0.05) is 0 Å². The van der Waals surface area contributed by atoms with Gasteiger partial charge in [0, 0.05) is 17.3 Å². The summed E-state index contributed by atoms with van der Waals surface area (Å²) in [6.07, 6.45) is 4.11. The third-order valence-electron chi connectivity index (χ3n) is 2.65. The number of hydrogen-bond donors (Lipinski definition) is 0. The minimum atomic E-state index is 0.589. The van der Waals surface area contributed by atoms with Crippen molar-refractivity contribution in [3.63, 3.8) is 0 Å². The third-order valence-corrected chi connectivity index (χ3v) is 2.65. The van der Waals surface area contributed by atoms with Gasteiger partial charge in [-0.3, -0.25) is 9.78 Å². The van der Waals surface area contributed by atoms with Crippen LogP contribution in [0.1, 0.15) is 10.4 Å². The highest BCUT2D eigenvalue weighted by atomic mass is 16.5. The van der Waals surface area contributed by atoms with Gasteiger partial charge in [0.25, 0.3) is 0 Å². The van der Waals surface area contributed by atoms with Crippen molar-refractivity contribution in [2.75, 3.05) is 14.2 Å². The number of hydrogen-bond acceptors (Lipinski definition) is 4. The zero-order valence-corrected chi connectivity index (χ0v) is 10.2. The van der Waals surface area contributed by atoms with Gasteiger partial charge in [0.1, 0.15) is 11.5 Å². The third kappa shape index (κ3) is 2.32. The zero-order valence-electron chi connectivity index (χ0n) is 10.2. The number of rotatable bonds is 4. The van der Waals surface area contributed by atoms with E-state index in [0.717, 1.165) is 17.4 Å². The van der Waals surface area contributed by atoms with Crippen LogP contribution in [0.25, 0.3) is 11.1 Å². The molecule has 4 heteroatoms. The van der Waals surface area contributed by atoms with Gasteiger partial charge in [-0.05, 0) is 29.8 Å². The van der Waals surface area contributed by atoms with Gasteiger partial charge in [0.2, 0.25) is 0 Å². The topological polar surface area (TPSA) is 48.4 Å². The van der Waals surface area contributed by atoms with Crippen molar-refractivity contribution >= 4 is 6.29 Å². The molecule has 0 unspecified atom stereocenters. The molecule has 0 fully saturated rings. The number of methoxy groups -OCH3 is 2. The summed E-state index contributed by atoms with van der Waals surface area (Å²) >= 11 is 0. The molecule has 92 valence electrons. The molecular weight excluding hydrogens is 230 g/mol. The molecule has 4 nitrogen and oxygen atoms in total. The van der Waals surface area contributed by atoms with Gasteiger partial charge in [-0.15, -0.1) is 0 Å². The Hall–Kier alpha value is -2.36. The first kappa shape index (κ1) is 12.1. The van der Waals surface area contributed by atoms with Crippen LogP contribution in [0.5, 0.6) is 11.5 Å². The van der Waals surface area contributed by atoms with Crippen LogP contribution in [-0.2, 0) is 0 Å². The largest absolute Gasteiger partial charge is 0.497 e. The summed E-state index contributed by atoms with van der Waals surface area (Å²) in [5, 5.41) is 0. The van der Waals surface area contributed by atoms with E-state index in [9.17, 15) is 4.79 Å². The Balaban J connectivity index is 2.56. The van der Waals surface area contributed by atoms with Crippen LogP contribution >= 0.6 is 0 Å². The smallest absolute Gasteiger partial charge is 0.150 e. The van der Waals surface area contributed by atoms with E-state index < -0.39 is 0 Å². The van der Waals surface area contributed by atoms with E-state index in [2.05, 4.69) is 4.98 Å². The SMILES string of the molecule is COc1cncc(-c2cc(OC)ccc2C=O)c1. The van der Waals surface area contributed by atoms with Crippen LogP contribution < -0.4 is 9.47 Å². The highest BCUT2D eigenvalue weighted by Gasteiger charge is 2.08. The van der Waals surface area contributed by atoms with Crippen molar-refractivity contribution in [2.24, 2.45) is 0 Å². The van der Waals surface area contributed by atoms with E-state index in [1.165, 1.54) is 0 Å². The summed E-state index contributed by atoms with van der Waals surface area (Å²) in [5.41, 5.74) is 2.18. The maximum atomic E-state index is 11.1. The Morgan fingerprint density at radius 2 is 1.83 bits per heavy atom. The van der Waals surface area contributed by atoms with Crippen LogP contribution in [-0.4, -0.2) is 25.5 Å². The molecule has 0 aliphatic carbocycles. The first-order valence-electron chi connectivity index (χ1n) is 5.41. The Kier molecular flexibility index (Phi) is 3.57. The van der Waals surface area contributed by atoms with E-state index in [-0.39, 0.29) is 0 Å². The van der Waals surface area contributed by atoms with Crippen LogP contribution in [0.2, 0.25) is 0 Å². The fourth-order valence-corrected chi connectivity index (χ4v) is 1.69. The Morgan fingerprint density at radius 3 is 2.50 bits per heavy atom. The molecule has 1 aromatic heterocycles. The van der Waals surface area contributed by atoms with E-state index in [0.29, 0.717) is 17.1 Å². The molecular formula is C14H13NO3. The van der Waals surface area contributed by atoms with Crippen LogP contribution in [0.15, 0.2) is 36.7 Å². The van der Waals surface area contributed by atoms with Gasteiger partial charge in [-0.2, -0.15) is 0 Å². The molecule has 18 heavy (non-hydrogen) atoms. The molecule has 0 saturated carbocycles. The summed E-state index contributed by atoms with van der Waals surface area (Å²) in [4.78, 5) is 15.1. The summed E-state index contributed by atoms with van der Waals surface area (Å²) in [6.45, 7) is 0. The van der Waals surface area contributed by atoms with E-state index in [1.54, 1.807) is 44.8 Å². The fraction of sp³-hybridized carbons (Fsp3) is 0.143. The monoisotopic (exact) mass is 243 g/mol. The molecule has 0 atom stereocenters. The van der Waals surface area contributed by atoms with Crippen molar-refractivity contribution in [3.8, 4) is 22.6 Å². The standard InChI is InChI=1S/C14H13NO3/c1-17-12-4-3-10(9-16)14(6-12)11-5-13(18-2)8-15-7-11/h3-9H,1-2H3. The lowest BCUT2D eigenvalue weighted by Gasteiger charge is -2.08. The first-order valence-corrected chi connectivity index (χ1v) is 5.41. The minimum Gasteiger partial charge on any atom is -0.497 e. The fourth-order valence-electron chi connectivity index (χ4n) is 1.69. The molecule has 0 radical (unpaired) electrons. The van der Waals surface area contributed by atoms with Gasteiger partial charge in [0.15, 0.2) is 6.29 Å². The van der Waals surface area contributed by atoms with Gasteiger partial charge in [-0.25, -0.2) is 0 Å². The number of aldehydes is 1. The number of pyridine rings is 1. The highest BCUT2D eigenvalue weighted by Crippen LogP contribution is 2.28. The van der Waals surface area contributed by atoms with E-state index >= 15 is 0 Å². The van der Waals surface area contributed by atoms with Crippen molar-refractivity contribution in [1.82, 2.24) is 4.98 Å². The summed E-state index contributed by atoms with van der Waals surface area (Å²) in [7, 11) is 3.16. The molecule has 0 aliphatic rings. The number of nitrogens with zero attached hydrogens (tertiary/aromatic N) is 1. The lowest BCUT2D eigenvalue weighted by molar-refractivity contribution is 0.112.